The maximum atomic E-state index is 4.63. The molecule has 0 saturated carbocycles. The van der Waals surface area contributed by atoms with Crippen molar-refractivity contribution in [2.45, 2.75) is 4.90 Å². The summed E-state index contributed by atoms with van der Waals surface area (Å²) in [5.41, 5.74) is 4.83. The molecule has 0 unspecified atom stereocenters. The molecule has 3 aromatic carbocycles. The predicted octanol–water partition coefficient (Wildman–Crippen LogP) is 5.31. The molecule has 0 spiro atoms. The molecule has 0 aliphatic heterocycles. The van der Waals surface area contributed by atoms with Crippen LogP contribution < -0.4 is 0 Å². The van der Waals surface area contributed by atoms with Gasteiger partial charge in [0.2, 0.25) is 0 Å². The van der Waals surface area contributed by atoms with Crippen molar-refractivity contribution >= 4 is 12.6 Å². The topological polar surface area (TPSA) is 0 Å². The number of benzene rings is 3. The van der Waals surface area contributed by atoms with Gasteiger partial charge in [-0.3, -0.25) is 0 Å². The third-order valence-electron chi connectivity index (χ3n) is 3.19. The molecular weight excluding hydrogens is 248 g/mol. The number of rotatable bonds is 2. The van der Waals surface area contributed by atoms with Gasteiger partial charge in [-0.05, 0) is 22.8 Å². The Labute approximate surface area is 119 Å². The van der Waals surface area contributed by atoms with E-state index in [2.05, 4.69) is 73.3 Å². The van der Waals surface area contributed by atoms with E-state index >= 15 is 0 Å². The maximum absolute atomic E-state index is 4.63. The van der Waals surface area contributed by atoms with Gasteiger partial charge in [0.25, 0.3) is 0 Å². The van der Waals surface area contributed by atoms with Crippen LogP contribution in [0.5, 0.6) is 0 Å². The van der Waals surface area contributed by atoms with Crippen LogP contribution >= 0.6 is 12.6 Å². The molecule has 0 nitrogen and oxygen atoms in total. The Bertz CT molecular complexity index is 673. The molecular formula is C18H14S. The maximum Gasteiger partial charge on any atom is 0.0125 e. The van der Waals surface area contributed by atoms with Crippen LogP contribution in [0.15, 0.2) is 83.8 Å². The number of thiol groups is 1. The lowest BCUT2D eigenvalue weighted by atomic mass is 9.94. The summed E-state index contributed by atoms with van der Waals surface area (Å²) in [6.07, 6.45) is 0. The van der Waals surface area contributed by atoms with Crippen molar-refractivity contribution in [3.63, 3.8) is 0 Å². The molecule has 1 heteroatoms. The highest BCUT2D eigenvalue weighted by molar-refractivity contribution is 7.80. The van der Waals surface area contributed by atoms with E-state index < -0.39 is 0 Å². The van der Waals surface area contributed by atoms with Crippen molar-refractivity contribution < 1.29 is 0 Å². The van der Waals surface area contributed by atoms with E-state index in [1.54, 1.807) is 0 Å². The lowest BCUT2D eigenvalue weighted by Crippen LogP contribution is -1.86. The van der Waals surface area contributed by atoms with Gasteiger partial charge in [0.15, 0.2) is 0 Å². The van der Waals surface area contributed by atoms with E-state index in [1.807, 2.05) is 18.2 Å². The van der Waals surface area contributed by atoms with Gasteiger partial charge < -0.3 is 0 Å². The second kappa shape index (κ2) is 5.33. The molecule has 0 atom stereocenters. The second-order valence-electron chi connectivity index (χ2n) is 4.43. The summed E-state index contributed by atoms with van der Waals surface area (Å²) in [6, 6.07) is 27.1. The van der Waals surface area contributed by atoms with E-state index in [0.29, 0.717) is 0 Å². The molecule has 0 aliphatic rings. The minimum absolute atomic E-state index is 1.01. The lowest BCUT2D eigenvalue weighted by Gasteiger charge is -2.12. The molecule has 0 fully saturated rings. The second-order valence-corrected chi connectivity index (χ2v) is 4.91. The summed E-state index contributed by atoms with van der Waals surface area (Å²) in [4.78, 5) is 1.01. The molecule has 0 bridgehead atoms. The summed E-state index contributed by atoms with van der Waals surface area (Å²) in [6.45, 7) is 0. The summed E-state index contributed by atoms with van der Waals surface area (Å²) in [5.74, 6) is 0. The lowest BCUT2D eigenvalue weighted by molar-refractivity contribution is 1.45. The Hall–Kier alpha value is -1.99. The van der Waals surface area contributed by atoms with Crippen molar-refractivity contribution in [3.05, 3.63) is 78.9 Å². The Morgan fingerprint density at radius 3 is 1.74 bits per heavy atom. The first-order chi connectivity index (χ1) is 9.36. The summed E-state index contributed by atoms with van der Waals surface area (Å²) in [5, 5.41) is 0. The molecule has 0 radical (unpaired) electrons. The zero-order valence-corrected chi connectivity index (χ0v) is 11.3. The minimum atomic E-state index is 1.01. The normalized spacial score (nSPS) is 10.4. The van der Waals surface area contributed by atoms with Gasteiger partial charge >= 0.3 is 0 Å². The van der Waals surface area contributed by atoms with Gasteiger partial charge in [-0.15, -0.1) is 12.6 Å². The standard InChI is InChI=1S/C18H14S/c19-17-13-7-12-16(14-8-3-1-4-9-14)18(17)15-10-5-2-6-11-15/h1-13,19H. The fourth-order valence-corrected chi connectivity index (χ4v) is 2.64. The van der Waals surface area contributed by atoms with Crippen LogP contribution in [0, 0.1) is 0 Å². The fraction of sp³-hybridized carbons (Fsp3) is 0. The highest BCUT2D eigenvalue weighted by atomic mass is 32.1. The molecule has 0 N–H and O–H groups in total. The van der Waals surface area contributed by atoms with Crippen LogP contribution in [0.4, 0.5) is 0 Å². The SMILES string of the molecule is Sc1cccc(-c2ccccc2)c1-c1ccccc1. The average Bonchev–Trinajstić information content (AvgIpc) is 2.49. The first kappa shape index (κ1) is 12.1. The first-order valence-corrected chi connectivity index (χ1v) is 6.74. The highest BCUT2D eigenvalue weighted by Crippen LogP contribution is 2.36. The van der Waals surface area contributed by atoms with Crippen LogP contribution in [-0.2, 0) is 0 Å². The molecule has 92 valence electrons. The molecule has 0 heterocycles. The fourth-order valence-electron chi connectivity index (χ4n) is 2.31. The molecule has 19 heavy (non-hydrogen) atoms. The first-order valence-electron chi connectivity index (χ1n) is 6.29. The van der Waals surface area contributed by atoms with Crippen molar-refractivity contribution in [3.8, 4) is 22.3 Å². The largest absolute Gasteiger partial charge is 0.143 e. The van der Waals surface area contributed by atoms with Crippen molar-refractivity contribution in [1.29, 1.82) is 0 Å². The van der Waals surface area contributed by atoms with Gasteiger partial charge in [-0.25, -0.2) is 0 Å². The molecule has 0 amide bonds. The molecule has 3 rings (SSSR count). The Kier molecular flexibility index (Phi) is 3.39. The van der Waals surface area contributed by atoms with E-state index in [4.69, 9.17) is 0 Å². The Morgan fingerprint density at radius 2 is 1.11 bits per heavy atom. The van der Waals surface area contributed by atoms with E-state index in [0.717, 1.165) is 4.90 Å². The number of hydrogen-bond acceptors (Lipinski definition) is 1. The van der Waals surface area contributed by atoms with Gasteiger partial charge in [-0.1, -0.05) is 72.8 Å². The number of hydrogen-bond donors (Lipinski definition) is 1. The Balaban J connectivity index is 2.25. The highest BCUT2D eigenvalue weighted by Gasteiger charge is 2.09. The Morgan fingerprint density at radius 1 is 0.526 bits per heavy atom. The summed E-state index contributed by atoms with van der Waals surface area (Å²) in [7, 11) is 0. The van der Waals surface area contributed by atoms with Crippen molar-refractivity contribution in [2.24, 2.45) is 0 Å². The minimum Gasteiger partial charge on any atom is -0.143 e. The predicted molar refractivity (Wildman–Crippen MR) is 84.6 cm³/mol. The van der Waals surface area contributed by atoms with Gasteiger partial charge in [0.05, 0.1) is 0 Å². The summed E-state index contributed by atoms with van der Waals surface area (Å²) < 4.78 is 0. The molecule has 0 aromatic heterocycles. The average molecular weight is 262 g/mol. The zero-order valence-electron chi connectivity index (χ0n) is 10.5. The van der Waals surface area contributed by atoms with Gasteiger partial charge in [0, 0.05) is 10.5 Å². The van der Waals surface area contributed by atoms with Crippen LogP contribution in [0.25, 0.3) is 22.3 Å². The zero-order chi connectivity index (χ0) is 13.1. The molecule has 0 saturated heterocycles. The van der Waals surface area contributed by atoms with Crippen LogP contribution in [0.1, 0.15) is 0 Å². The van der Waals surface area contributed by atoms with E-state index in [-0.39, 0.29) is 0 Å². The summed E-state index contributed by atoms with van der Waals surface area (Å²) >= 11 is 4.63. The monoisotopic (exact) mass is 262 g/mol. The van der Waals surface area contributed by atoms with Crippen molar-refractivity contribution in [2.75, 3.05) is 0 Å². The van der Waals surface area contributed by atoms with Gasteiger partial charge in [0.1, 0.15) is 0 Å². The van der Waals surface area contributed by atoms with Crippen LogP contribution in [-0.4, -0.2) is 0 Å². The third kappa shape index (κ3) is 2.42. The van der Waals surface area contributed by atoms with E-state index in [9.17, 15) is 0 Å². The van der Waals surface area contributed by atoms with Crippen LogP contribution in [0.2, 0.25) is 0 Å². The molecule has 3 aromatic rings. The van der Waals surface area contributed by atoms with Crippen molar-refractivity contribution in [1.82, 2.24) is 0 Å². The van der Waals surface area contributed by atoms with Crippen LogP contribution in [0.3, 0.4) is 0 Å². The smallest absolute Gasteiger partial charge is 0.0125 e. The van der Waals surface area contributed by atoms with E-state index in [1.165, 1.54) is 22.3 Å². The van der Waals surface area contributed by atoms with Gasteiger partial charge in [-0.2, -0.15) is 0 Å². The third-order valence-corrected chi connectivity index (χ3v) is 3.56. The molecule has 0 aliphatic carbocycles. The quantitative estimate of drug-likeness (QED) is 0.594.